The van der Waals surface area contributed by atoms with Crippen LogP contribution in [0.3, 0.4) is 0 Å². The summed E-state index contributed by atoms with van der Waals surface area (Å²) in [6, 6.07) is 5.60. The predicted molar refractivity (Wildman–Crippen MR) is 83.5 cm³/mol. The Morgan fingerprint density at radius 1 is 1.30 bits per heavy atom. The smallest absolute Gasteiger partial charge is 0.223 e. The number of carbonyl (C=O) groups is 1. The number of halogens is 2. The van der Waals surface area contributed by atoms with Crippen LogP contribution in [-0.2, 0) is 4.79 Å². The lowest BCUT2D eigenvalue weighted by atomic mass is 10.1. The van der Waals surface area contributed by atoms with E-state index in [2.05, 4.69) is 17.6 Å². The second-order valence-corrected chi connectivity index (χ2v) is 5.92. The van der Waals surface area contributed by atoms with Crippen molar-refractivity contribution in [3.63, 3.8) is 0 Å². The van der Waals surface area contributed by atoms with Crippen LogP contribution in [0.1, 0.15) is 31.2 Å². The minimum Gasteiger partial charge on any atom is -0.355 e. The number of hydrogen-bond acceptors (Lipinski definition) is 2. The fourth-order valence-corrected chi connectivity index (χ4v) is 2.79. The molecular formula is C15H20Cl2N2O. The van der Waals surface area contributed by atoms with Crippen LogP contribution in [-0.4, -0.2) is 25.5 Å². The molecule has 1 aromatic rings. The third-order valence-electron chi connectivity index (χ3n) is 3.54. The molecule has 0 aromatic heterocycles. The minimum absolute atomic E-state index is 0.0390. The van der Waals surface area contributed by atoms with Crippen molar-refractivity contribution in [1.29, 1.82) is 0 Å². The summed E-state index contributed by atoms with van der Waals surface area (Å²) in [6.45, 7) is 4.59. The zero-order valence-electron chi connectivity index (χ0n) is 11.6. The van der Waals surface area contributed by atoms with E-state index < -0.39 is 0 Å². The van der Waals surface area contributed by atoms with Gasteiger partial charge in [0.05, 0.1) is 10.0 Å². The number of hydrogen-bond donors (Lipinski definition) is 2. The largest absolute Gasteiger partial charge is 0.355 e. The molecule has 1 fully saturated rings. The van der Waals surface area contributed by atoms with Crippen molar-refractivity contribution in [2.75, 3.05) is 19.6 Å². The second-order valence-electron chi connectivity index (χ2n) is 5.13. The van der Waals surface area contributed by atoms with Crippen molar-refractivity contribution in [2.24, 2.45) is 5.92 Å². The standard InChI is InChI=1S/C15H20Cl2N2O/c1-2-6-18-7-8-19-15(20)12-9-11(12)10-4-3-5-13(16)14(10)17/h3-5,11-12,18H,2,6-9H2,1H3,(H,19,20). The average molecular weight is 315 g/mol. The average Bonchev–Trinajstić information content (AvgIpc) is 3.22. The van der Waals surface area contributed by atoms with Crippen LogP contribution in [0.4, 0.5) is 0 Å². The van der Waals surface area contributed by atoms with E-state index in [-0.39, 0.29) is 17.7 Å². The summed E-state index contributed by atoms with van der Waals surface area (Å²) in [4.78, 5) is 12.0. The third kappa shape index (κ3) is 3.87. The molecule has 3 nitrogen and oxygen atoms in total. The van der Waals surface area contributed by atoms with E-state index in [1.54, 1.807) is 6.07 Å². The highest BCUT2D eigenvalue weighted by molar-refractivity contribution is 6.42. The quantitative estimate of drug-likeness (QED) is 0.759. The van der Waals surface area contributed by atoms with E-state index in [1.807, 2.05) is 12.1 Å². The molecule has 5 heteroatoms. The Balaban J connectivity index is 1.79. The van der Waals surface area contributed by atoms with Crippen molar-refractivity contribution in [1.82, 2.24) is 10.6 Å². The fraction of sp³-hybridized carbons (Fsp3) is 0.533. The summed E-state index contributed by atoms with van der Waals surface area (Å²) in [7, 11) is 0. The Hall–Kier alpha value is -0.770. The van der Waals surface area contributed by atoms with Gasteiger partial charge in [0.15, 0.2) is 0 Å². The number of nitrogens with one attached hydrogen (secondary N) is 2. The van der Waals surface area contributed by atoms with Crippen LogP contribution in [0.5, 0.6) is 0 Å². The summed E-state index contributed by atoms with van der Waals surface area (Å²) in [5, 5.41) is 7.35. The molecule has 2 N–H and O–H groups in total. The van der Waals surface area contributed by atoms with Gasteiger partial charge in [0.25, 0.3) is 0 Å². The van der Waals surface area contributed by atoms with Gasteiger partial charge in [-0.1, -0.05) is 42.3 Å². The summed E-state index contributed by atoms with van der Waals surface area (Å²) in [5.41, 5.74) is 0.989. The number of carbonyl (C=O) groups excluding carboxylic acids is 1. The highest BCUT2D eigenvalue weighted by atomic mass is 35.5. The number of amides is 1. The van der Waals surface area contributed by atoms with Crippen molar-refractivity contribution in [3.8, 4) is 0 Å². The lowest BCUT2D eigenvalue weighted by Crippen LogP contribution is -2.33. The highest BCUT2D eigenvalue weighted by Gasteiger charge is 2.44. The van der Waals surface area contributed by atoms with Gasteiger partial charge in [-0.15, -0.1) is 0 Å². The Morgan fingerprint density at radius 2 is 2.10 bits per heavy atom. The van der Waals surface area contributed by atoms with E-state index in [9.17, 15) is 4.79 Å². The van der Waals surface area contributed by atoms with Crippen LogP contribution in [0.2, 0.25) is 10.0 Å². The molecule has 110 valence electrons. The van der Waals surface area contributed by atoms with Gasteiger partial charge < -0.3 is 10.6 Å². The maximum atomic E-state index is 12.0. The molecule has 1 aromatic carbocycles. The van der Waals surface area contributed by atoms with Crippen LogP contribution in [0, 0.1) is 5.92 Å². The van der Waals surface area contributed by atoms with Gasteiger partial charge in [0, 0.05) is 19.0 Å². The van der Waals surface area contributed by atoms with Crippen LogP contribution < -0.4 is 10.6 Å². The van der Waals surface area contributed by atoms with Gasteiger partial charge in [-0.05, 0) is 36.9 Å². The highest BCUT2D eigenvalue weighted by Crippen LogP contribution is 2.50. The first-order valence-electron chi connectivity index (χ1n) is 7.07. The van der Waals surface area contributed by atoms with E-state index in [1.165, 1.54) is 0 Å². The molecule has 1 amide bonds. The number of benzene rings is 1. The molecule has 0 radical (unpaired) electrons. The maximum absolute atomic E-state index is 12.0. The summed E-state index contributed by atoms with van der Waals surface area (Å²) < 4.78 is 0. The summed E-state index contributed by atoms with van der Waals surface area (Å²) in [6.07, 6.45) is 1.96. The first-order valence-corrected chi connectivity index (χ1v) is 7.83. The van der Waals surface area contributed by atoms with Gasteiger partial charge in [0.2, 0.25) is 5.91 Å². The molecule has 0 aliphatic heterocycles. The molecule has 0 bridgehead atoms. The predicted octanol–water partition coefficient (Wildman–Crippen LogP) is 3.21. The van der Waals surface area contributed by atoms with Gasteiger partial charge in [-0.3, -0.25) is 4.79 Å². The Labute approximate surface area is 130 Å². The first kappa shape index (κ1) is 15.6. The molecule has 1 saturated carbocycles. The molecule has 0 saturated heterocycles. The van der Waals surface area contributed by atoms with Crippen molar-refractivity contribution in [3.05, 3.63) is 33.8 Å². The van der Waals surface area contributed by atoms with E-state index in [4.69, 9.17) is 23.2 Å². The van der Waals surface area contributed by atoms with Crippen LogP contribution in [0.15, 0.2) is 18.2 Å². The fourth-order valence-electron chi connectivity index (χ4n) is 2.34. The van der Waals surface area contributed by atoms with Crippen LogP contribution >= 0.6 is 23.2 Å². The molecule has 2 rings (SSSR count). The third-order valence-corrected chi connectivity index (χ3v) is 4.37. The van der Waals surface area contributed by atoms with Gasteiger partial charge >= 0.3 is 0 Å². The van der Waals surface area contributed by atoms with Crippen molar-refractivity contribution >= 4 is 29.1 Å². The lowest BCUT2D eigenvalue weighted by Gasteiger charge is -2.07. The SMILES string of the molecule is CCCNCCNC(=O)C1CC1c1cccc(Cl)c1Cl. The van der Waals surface area contributed by atoms with E-state index in [0.717, 1.165) is 31.5 Å². The molecule has 1 aliphatic rings. The molecule has 2 unspecified atom stereocenters. The zero-order valence-corrected chi connectivity index (χ0v) is 13.1. The Kier molecular flexibility index (Phi) is 5.70. The lowest BCUT2D eigenvalue weighted by molar-refractivity contribution is -0.122. The molecule has 20 heavy (non-hydrogen) atoms. The Bertz CT molecular complexity index is 479. The first-order chi connectivity index (χ1) is 9.65. The van der Waals surface area contributed by atoms with E-state index in [0.29, 0.717) is 16.6 Å². The molecule has 1 aliphatic carbocycles. The van der Waals surface area contributed by atoms with Crippen molar-refractivity contribution in [2.45, 2.75) is 25.7 Å². The molecule has 2 atom stereocenters. The van der Waals surface area contributed by atoms with Gasteiger partial charge in [-0.25, -0.2) is 0 Å². The van der Waals surface area contributed by atoms with E-state index >= 15 is 0 Å². The molecular weight excluding hydrogens is 295 g/mol. The van der Waals surface area contributed by atoms with Crippen molar-refractivity contribution < 1.29 is 4.79 Å². The topological polar surface area (TPSA) is 41.1 Å². The van der Waals surface area contributed by atoms with Gasteiger partial charge in [-0.2, -0.15) is 0 Å². The molecule has 0 spiro atoms. The second kappa shape index (κ2) is 7.30. The Morgan fingerprint density at radius 3 is 2.85 bits per heavy atom. The zero-order chi connectivity index (χ0) is 14.5. The molecule has 0 heterocycles. The van der Waals surface area contributed by atoms with Crippen LogP contribution in [0.25, 0.3) is 0 Å². The monoisotopic (exact) mass is 314 g/mol. The normalized spacial score (nSPS) is 20.8. The summed E-state index contributed by atoms with van der Waals surface area (Å²) >= 11 is 12.2. The maximum Gasteiger partial charge on any atom is 0.223 e. The number of rotatable bonds is 7. The van der Waals surface area contributed by atoms with Gasteiger partial charge in [0.1, 0.15) is 0 Å². The minimum atomic E-state index is 0.0390. The summed E-state index contributed by atoms with van der Waals surface area (Å²) in [5.74, 6) is 0.367.